The first-order valence-corrected chi connectivity index (χ1v) is 11.3. The third-order valence-electron chi connectivity index (χ3n) is 4.75. The number of carbonyl (C=O) groups is 1. The molecule has 0 aliphatic carbocycles. The van der Waals surface area contributed by atoms with Gasteiger partial charge in [-0.25, -0.2) is 4.79 Å². The highest BCUT2D eigenvalue weighted by atomic mass is 16.5. The second kappa shape index (κ2) is 13.3. The first kappa shape index (κ1) is 26.0. The number of hydrogen-bond acceptors (Lipinski definition) is 6. The van der Waals surface area contributed by atoms with Gasteiger partial charge in [0, 0.05) is 6.92 Å². The highest BCUT2D eigenvalue weighted by Crippen LogP contribution is 2.37. The van der Waals surface area contributed by atoms with Gasteiger partial charge in [-0.2, -0.15) is 0 Å². The zero-order valence-corrected chi connectivity index (χ0v) is 20.2. The fraction of sp³-hybridized carbons (Fsp3) is 0.407. The van der Waals surface area contributed by atoms with Gasteiger partial charge in [0.15, 0.2) is 17.1 Å². The monoisotopic (exact) mass is 454 g/mol. The van der Waals surface area contributed by atoms with E-state index in [2.05, 4.69) is 33.8 Å². The van der Waals surface area contributed by atoms with Crippen molar-refractivity contribution in [1.29, 1.82) is 0 Å². The highest BCUT2D eigenvalue weighted by Gasteiger charge is 2.20. The summed E-state index contributed by atoms with van der Waals surface area (Å²) in [5.41, 5.74) is 1.95. The fourth-order valence-corrected chi connectivity index (χ4v) is 3.13. The molecule has 0 radical (unpaired) electrons. The first-order chi connectivity index (χ1) is 15.8. The molecule has 1 aromatic carbocycles. The van der Waals surface area contributed by atoms with E-state index in [1.807, 2.05) is 18.2 Å². The van der Waals surface area contributed by atoms with E-state index in [1.165, 1.54) is 18.1 Å². The van der Waals surface area contributed by atoms with Crippen LogP contribution >= 0.6 is 0 Å². The van der Waals surface area contributed by atoms with Crippen LogP contribution < -0.4 is 19.8 Å². The summed E-state index contributed by atoms with van der Waals surface area (Å²) in [5.74, 6) is -0.0514. The molecule has 33 heavy (non-hydrogen) atoms. The van der Waals surface area contributed by atoms with Gasteiger partial charge >= 0.3 is 11.6 Å². The Morgan fingerprint density at radius 1 is 1.00 bits per heavy atom. The zero-order valence-electron chi connectivity index (χ0n) is 20.2. The Labute approximate surface area is 195 Å². The predicted molar refractivity (Wildman–Crippen MR) is 131 cm³/mol. The second-order valence-electron chi connectivity index (χ2n) is 7.97. The molecule has 0 saturated carbocycles. The molecular weight excluding hydrogens is 420 g/mol. The summed E-state index contributed by atoms with van der Waals surface area (Å²) in [6, 6.07) is 5.03. The SMILES string of the molecule is CC/C=C/CCOc1c(OC/C=C(\C)CCC=C(C)C)c2cccc(OC(C)=O)c2oc1=O. The molecule has 0 saturated heterocycles. The standard InChI is InChI=1S/C27H34O6/c1-6-7-8-9-17-30-26-25(31-18-16-20(4)13-10-12-19(2)3)22-14-11-15-23(32-21(5)28)24(22)33-27(26)29/h7-8,11-12,14-16H,6,9-10,13,17-18H2,1-5H3/b8-7+,20-16+. The maximum absolute atomic E-state index is 12.8. The van der Waals surface area contributed by atoms with E-state index in [9.17, 15) is 9.59 Å². The molecule has 1 heterocycles. The van der Waals surface area contributed by atoms with Crippen molar-refractivity contribution in [3.63, 3.8) is 0 Å². The molecule has 1 aromatic heterocycles. The third kappa shape index (κ3) is 8.29. The van der Waals surface area contributed by atoms with Gasteiger partial charge in [0.2, 0.25) is 5.75 Å². The fourth-order valence-electron chi connectivity index (χ4n) is 3.13. The lowest BCUT2D eigenvalue weighted by molar-refractivity contribution is -0.131. The van der Waals surface area contributed by atoms with Crippen LogP contribution in [0.5, 0.6) is 17.2 Å². The van der Waals surface area contributed by atoms with E-state index in [-0.39, 0.29) is 29.4 Å². The molecule has 2 rings (SSSR count). The van der Waals surface area contributed by atoms with Gasteiger partial charge in [-0.05, 0) is 64.7 Å². The summed E-state index contributed by atoms with van der Waals surface area (Å²) in [7, 11) is 0. The molecule has 6 heteroatoms. The van der Waals surface area contributed by atoms with Crippen molar-refractivity contribution < 1.29 is 23.4 Å². The number of benzene rings is 1. The molecule has 2 aromatic rings. The van der Waals surface area contributed by atoms with Gasteiger partial charge in [-0.15, -0.1) is 0 Å². The molecule has 0 aliphatic heterocycles. The number of para-hydroxylation sites is 1. The lowest BCUT2D eigenvalue weighted by atomic mass is 10.1. The number of fused-ring (bicyclic) bond motifs is 1. The molecule has 0 amide bonds. The molecule has 0 fully saturated rings. The van der Waals surface area contributed by atoms with Crippen LogP contribution in [0.25, 0.3) is 11.0 Å². The second-order valence-corrected chi connectivity index (χ2v) is 7.97. The van der Waals surface area contributed by atoms with E-state index in [0.717, 1.165) is 19.3 Å². The van der Waals surface area contributed by atoms with E-state index in [4.69, 9.17) is 18.6 Å². The molecule has 0 unspecified atom stereocenters. The third-order valence-corrected chi connectivity index (χ3v) is 4.75. The average molecular weight is 455 g/mol. The summed E-state index contributed by atoms with van der Waals surface area (Å²) in [4.78, 5) is 24.2. The van der Waals surface area contributed by atoms with Crippen molar-refractivity contribution in [3.05, 3.63) is 64.1 Å². The van der Waals surface area contributed by atoms with Crippen LogP contribution in [-0.2, 0) is 4.79 Å². The van der Waals surface area contributed by atoms with Crippen molar-refractivity contribution in [3.8, 4) is 17.2 Å². The molecule has 0 spiro atoms. The Hall–Kier alpha value is -3.28. The van der Waals surface area contributed by atoms with Crippen molar-refractivity contribution in [2.24, 2.45) is 0 Å². The molecule has 0 atom stereocenters. The van der Waals surface area contributed by atoms with Crippen LogP contribution in [0.4, 0.5) is 0 Å². The quantitative estimate of drug-likeness (QED) is 0.119. The molecule has 0 aliphatic rings. The predicted octanol–water partition coefficient (Wildman–Crippen LogP) is 6.52. The summed E-state index contributed by atoms with van der Waals surface area (Å²) >= 11 is 0. The van der Waals surface area contributed by atoms with Crippen LogP contribution in [-0.4, -0.2) is 19.2 Å². The van der Waals surface area contributed by atoms with Crippen LogP contribution in [0.1, 0.15) is 60.3 Å². The van der Waals surface area contributed by atoms with Gasteiger partial charge in [0.1, 0.15) is 6.61 Å². The molecule has 6 nitrogen and oxygen atoms in total. The number of ether oxygens (including phenoxy) is 3. The number of carbonyl (C=O) groups excluding carboxylic acids is 1. The van der Waals surface area contributed by atoms with Gasteiger partial charge in [-0.1, -0.05) is 42.4 Å². The highest BCUT2D eigenvalue weighted by molar-refractivity contribution is 5.91. The van der Waals surface area contributed by atoms with Crippen molar-refractivity contribution in [2.75, 3.05) is 13.2 Å². The number of rotatable bonds is 12. The first-order valence-electron chi connectivity index (χ1n) is 11.3. The van der Waals surface area contributed by atoms with E-state index < -0.39 is 11.6 Å². The van der Waals surface area contributed by atoms with E-state index in [1.54, 1.807) is 18.2 Å². The van der Waals surface area contributed by atoms with Gasteiger partial charge in [0.25, 0.3) is 0 Å². The molecule has 178 valence electrons. The minimum absolute atomic E-state index is 0.0166. The minimum atomic E-state index is -0.680. The van der Waals surface area contributed by atoms with E-state index in [0.29, 0.717) is 18.4 Å². The minimum Gasteiger partial charge on any atom is -0.485 e. The van der Waals surface area contributed by atoms with E-state index >= 15 is 0 Å². The van der Waals surface area contributed by atoms with Gasteiger partial charge < -0.3 is 18.6 Å². The molecule has 0 N–H and O–H groups in total. The Morgan fingerprint density at radius 3 is 2.48 bits per heavy atom. The number of hydrogen-bond donors (Lipinski definition) is 0. The van der Waals surface area contributed by atoms with Crippen LogP contribution in [0.2, 0.25) is 0 Å². The lowest BCUT2D eigenvalue weighted by Gasteiger charge is -2.14. The molecular formula is C27H34O6. The van der Waals surface area contributed by atoms with Crippen LogP contribution in [0, 0.1) is 0 Å². The Morgan fingerprint density at radius 2 is 1.79 bits per heavy atom. The van der Waals surface area contributed by atoms with Crippen LogP contribution in [0.3, 0.4) is 0 Å². The largest absolute Gasteiger partial charge is 0.485 e. The summed E-state index contributed by atoms with van der Waals surface area (Å²) in [5, 5.41) is 0.503. The Bertz CT molecular complexity index is 1080. The Kier molecular flexibility index (Phi) is 10.5. The van der Waals surface area contributed by atoms with Crippen LogP contribution in [0.15, 0.2) is 62.9 Å². The zero-order chi connectivity index (χ0) is 24.2. The topological polar surface area (TPSA) is 75.0 Å². The maximum atomic E-state index is 12.8. The summed E-state index contributed by atoms with van der Waals surface area (Å²) in [6.07, 6.45) is 11.7. The summed E-state index contributed by atoms with van der Waals surface area (Å²) < 4.78 is 22.5. The maximum Gasteiger partial charge on any atom is 0.383 e. The van der Waals surface area contributed by atoms with Crippen molar-refractivity contribution in [2.45, 2.75) is 60.3 Å². The number of allylic oxidation sites excluding steroid dienone is 4. The lowest BCUT2D eigenvalue weighted by Crippen LogP contribution is -2.12. The summed E-state index contributed by atoms with van der Waals surface area (Å²) in [6.45, 7) is 10.1. The molecule has 0 bridgehead atoms. The smallest absolute Gasteiger partial charge is 0.383 e. The normalized spacial score (nSPS) is 11.6. The van der Waals surface area contributed by atoms with Crippen molar-refractivity contribution >= 4 is 16.9 Å². The van der Waals surface area contributed by atoms with Gasteiger partial charge in [-0.3, -0.25) is 4.79 Å². The Balaban J connectivity index is 2.36. The average Bonchev–Trinajstić information content (AvgIpc) is 2.75. The number of esters is 1. The van der Waals surface area contributed by atoms with Crippen molar-refractivity contribution in [1.82, 2.24) is 0 Å². The van der Waals surface area contributed by atoms with Gasteiger partial charge in [0.05, 0.1) is 12.0 Å².